The van der Waals surface area contributed by atoms with Gasteiger partial charge >= 0.3 is 0 Å². The summed E-state index contributed by atoms with van der Waals surface area (Å²) in [5.74, 6) is 1.01. The van der Waals surface area contributed by atoms with Crippen LogP contribution in [0, 0.1) is 0 Å². The van der Waals surface area contributed by atoms with Crippen molar-refractivity contribution in [1.82, 2.24) is 20.2 Å². The summed E-state index contributed by atoms with van der Waals surface area (Å²) in [6.45, 7) is 9.28. The van der Waals surface area contributed by atoms with Crippen molar-refractivity contribution in [3.05, 3.63) is 18.1 Å². The molecular weight excluding hydrogens is 226 g/mol. The second kappa shape index (κ2) is 6.11. The monoisotopic (exact) mass is 249 g/mol. The molecule has 1 aliphatic rings. The number of hydrogen-bond acceptors (Lipinski definition) is 5. The molecule has 18 heavy (non-hydrogen) atoms. The van der Waals surface area contributed by atoms with Gasteiger partial charge in [0.15, 0.2) is 0 Å². The maximum Gasteiger partial charge on any atom is 0.147 e. The van der Waals surface area contributed by atoms with E-state index >= 15 is 0 Å². The van der Waals surface area contributed by atoms with Crippen LogP contribution in [0.1, 0.15) is 19.5 Å². The fraction of sp³-hybridized carbons (Fsp3) is 0.692. The summed E-state index contributed by atoms with van der Waals surface area (Å²) in [5.41, 5.74) is 1.01. The van der Waals surface area contributed by atoms with Crippen molar-refractivity contribution < 1.29 is 0 Å². The smallest absolute Gasteiger partial charge is 0.147 e. The van der Waals surface area contributed by atoms with E-state index < -0.39 is 0 Å². The summed E-state index contributed by atoms with van der Waals surface area (Å²) in [6, 6.07) is 0.493. The molecule has 5 heteroatoms. The number of likely N-dealkylation sites (N-methyl/N-ethyl adjacent to an activating group) is 1. The van der Waals surface area contributed by atoms with Crippen molar-refractivity contribution in [1.29, 1.82) is 0 Å². The molecule has 1 aromatic heterocycles. The van der Waals surface area contributed by atoms with Crippen molar-refractivity contribution in [2.45, 2.75) is 26.4 Å². The molecule has 5 nitrogen and oxygen atoms in total. The Labute approximate surface area is 109 Å². The maximum atomic E-state index is 4.69. The van der Waals surface area contributed by atoms with Gasteiger partial charge in [-0.25, -0.2) is 4.98 Å². The van der Waals surface area contributed by atoms with Gasteiger partial charge in [-0.3, -0.25) is 4.98 Å². The lowest BCUT2D eigenvalue weighted by atomic mass is 10.2. The van der Waals surface area contributed by atoms with E-state index in [0.717, 1.165) is 44.2 Å². The van der Waals surface area contributed by atoms with Gasteiger partial charge in [0.2, 0.25) is 0 Å². The van der Waals surface area contributed by atoms with Gasteiger partial charge in [0.1, 0.15) is 5.82 Å². The van der Waals surface area contributed by atoms with Crippen LogP contribution in [-0.4, -0.2) is 54.1 Å². The van der Waals surface area contributed by atoms with Crippen LogP contribution < -0.4 is 10.2 Å². The third kappa shape index (κ3) is 3.17. The first-order valence-electron chi connectivity index (χ1n) is 6.67. The van der Waals surface area contributed by atoms with Gasteiger partial charge in [-0.2, -0.15) is 0 Å². The van der Waals surface area contributed by atoms with Crippen LogP contribution in [0.3, 0.4) is 0 Å². The standard InChI is InChI=1S/C13H23N5/c1-4-14-7-12-8-15-9-13(16-12)18-6-5-17(3)10-11(18)2/h8-9,11,14H,4-7,10H2,1-3H3. The first-order valence-corrected chi connectivity index (χ1v) is 6.67. The number of hydrogen-bond donors (Lipinski definition) is 1. The number of piperazine rings is 1. The molecule has 0 bridgehead atoms. The van der Waals surface area contributed by atoms with Gasteiger partial charge in [-0.1, -0.05) is 6.92 Å². The first kappa shape index (κ1) is 13.2. The Hall–Kier alpha value is -1.20. The molecule has 0 aromatic carbocycles. The first-order chi connectivity index (χ1) is 8.70. The Bertz CT molecular complexity index is 381. The minimum absolute atomic E-state index is 0.493. The molecule has 0 saturated carbocycles. The summed E-state index contributed by atoms with van der Waals surface area (Å²) < 4.78 is 0. The molecule has 1 fully saturated rings. The minimum atomic E-state index is 0.493. The van der Waals surface area contributed by atoms with Crippen LogP contribution in [0.2, 0.25) is 0 Å². The zero-order valence-corrected chi connectivity index (χ0v) is 11.6. The van der Waals surface area contributed by atoms with E-state index in [4.69, 9.17) is 4.98 Å². The molecule has 1 unspecified atom stereocenters. The third-order valence-corrected chi connectivity index (χ3v) is 3.35. The highest BCUT2D eigenvalue weighted by molar-refractivity contribution is 5.38. The van der Waals surface area contributed by atoms with Crippen molar-refractivity contribution >= 4 is 5.82 Å². The SMILES string of the molecule is CCNCc1cncc(N2CCN(C)CC2C)n1. The number of nitrogens with zero attached hydrogens (tertiary/aromatic N) is 4. The van der Waals surface area contributed by atoms with Crippen LogP contribution in [0.4, 0.5) is 5.82 Å². The Balaban J connectivity index is 2.07. The fourth-order valence-electron chi connectivity index (χ4n) is 2.35. The molecule has 1 saturated heterocycles. The number of aromatic nitrogens is 2. The van der Waals surface area contributed by atoms with Gasteiger partial charge in [0, 0.05) is 38.4 Å². The fourth-order valence-corrected chi connectivity index (χ4v) is 2.35. The quantitative estimate of drug-likeness (QED) is 0.852. The Morgan fingerprint density at radius 3 is 2.94 bits per heavy atom. The molecule has 0 amide bonds. The predicted octanol–water partition coefficient (Wildman–Crippen LogP) is 0.726. The van der Waals surface area contributed by atoms with Gasteiger partial charge in [0.25, 0.3) is 0 Å². The molecule has 100 valence electrons. The zero-order valence-electron chi connectivity index (χ0n) is 11.6. The number of nitrogens with one attached hydrogen (secondary N) is 1. The topological polar surface area (TPSA) is 44.3 Å². The van der Waals surface area contributed by atoms with Crippen LogP contribution in [0.25, 0.3) is 0 Å². The van der Waals surface area contributed by atoms with Crippen LogP contribution in [0.15, 0.2) is 12.4 Å². The van der Waals surface area contributed by atoms with Crippen molar-refractivity contribution in [3.8, 4) is 0 Å². The molecule has 1 atom stereocenters. The average Bonchev–Trinajstić information content (AvgIpc) is 2.36. The normalized spacial score (nSPS) is 21.3. The minimum Gasteiger partial charge on any atom is -0.350 e. The Morgan fingerprint density at radius 2 is 2.22 bits per heavy atom. The van der Waals surface area contributed by atoms with E-state index in [2.05, 4.69) is 41.0 Å². The molecule has 1 aliphatic heterocycles. The molecule has 0 radical (unpaired) electrons. The molecule has 2 heterocycles. The van der Waals surface area contributed by atoms with Crippen molar-refractivity contribution in [2.24, 2.45) is 0 Å². The van der Waals surface area contributed by atoms with E-state index in [9.17, 15) is 0 Å². The van der Waals surface area contributed by atoms with Gasteiger partial charge < -0.3 is 15.1 Å². The number of anilines is 1. The molecule has 0 spiro atoms. The third-order valence-electron chi connectivity index (χ3n) is 3.35. The largest absolute Gasteiger partial charge is 0.350 e. The van der Waals surface area contributed by atoms with E-state index in [-0.39, 0.29) is 0 Å². The molecular formula is C13H23N5. The van der Waals surface area contributed by atoms with Crippen LogP contribution in [-0.2, 0) is 6.54 Å². The lowest BCUT2D eigenvalue weighted by Crippen LogP contribution is -2.50. The van der Waals surface area contributed by atoms with Crippen LogP contribution in [0.5, 0.6) is 0 Å². The summed E-state index contributed by atoms with van der Waals surface area (Å²) >= 11 is 0. The summed E-state index contributed by atoms with van der Waals surface area (Å²) in [7, 11) is 2.17. The lowest BCUT2D eigenvalue weighted by molar-refractivity contribution is 0.274. The van der Waals surface area contributed by atoms with E-state index in [1.54, 1.807) is 0 Å². The van der Waals surface area contributed by atoms with Crippen molar-refractivity contribution in [3.63, 3.8) is 0 Å². The molecule has 1 aromatic rings. The van der Waals surface area contributed by atoms with Gasteiger partial charge in [0.05, 0.1) is 11.9 Å². The maximum absolute atomic E-state index is 4.69. The van der Waals surface area contributed by atoms with Gasteiger partial charge in [-0.05, 0) is 20.5 Å². The number of rotatable bonds is 4. The predicted molar refractivity (Wildman–Crippen MR) is 73.7 cm³/mol. The Kier molecular flexibility index (Phi) is 4.49. The van der Waals surface area contributed by atoms with E-state index in [1.807, 2.05) is 12.4 Å². The highest BCUT2D eigenvalue weighted by Crippen LogP contribution is 2.17. The summed E-state index contributed by atoms with van der Waals surface area (Å²) in [4.78, 5) is 13.7. The molecule has 0 aliphatic carbocycles. The average molecular weight is 249 g/mol. The Morgan fingerprint density at radius 1 is 1.39 bits per heavy atom. The van der Waals surface area contributed by atoms with Crippen LogP contribution >= 0.6 is 0 Å². The second-order valence-electron chi connectivity index (χ2n) is 4.95. The highest BCUT2D eigenvalue weighted by atomic mass is 15.3. The van der Waals surface area contributed by atoms with Crippen molar-refractivity contribution in [2.75, 3.05) is 38.1 Å². The lowest BCUT2D eigenvalue weighted by Gasteiger charge is -2.38. The van der Waals surface area contributed by atoms with E-state index in [0.29, 0.717) is 6.04 Å². The summed E-state index contributed by atoms with van der Waals surface area (Å²) in [5, 5.41) is 3.28. The zero-order chi connectivity index (χ0) is 13.0. The van der Waals surface area contributed by atoms with Gasteiger partial charge in [-0.15, -0.1) is 0 Å². The van der Waals surface area contributed by atoms with E-state index in [1.165, 1.54) is 0 Å². The highest BCUT2D eigenvalue weighted by Gasteiger charge is 2.22. The summed E-state index contributed by atoms with van der Waals surface area (Å²) in [6.07, 6.45) is 3.71. The second-order valence-corrected chi connectivity index (χ2v) is 4.95. The molecule has 2 rings (SSSR count). The molecule has 1 N–H and O–H groups in total.